The first-order valence-corrected chi connectivity index (χ1v) is 5.46. The largest absolute Gasteiger partial charge is 0.445 e. The van der Waals surface area contributed by atoms with Gasteiger partial charge in [-0.05, 0) is 5.92 Å². The first kappa shape index (κ1) is 10.5. The molecule has 4 nitrogen and oxygen atoms in total. The van der Waals surface area contributed by atoms with Gasteiger partial charge in [-0.2, -0.15) is 0 Å². The maximum atomic E-state index is 5.60. The first-order valence-electron chi connectivity index (χ1n) is 4.88. The van der Waals surface area contributed by atoms with Crippen molar-refractivity contribution in [3.05, 3.63) is 17.6 Å². The van der Waals surface area contributed by atoms with Crippen LogP contribution >= 0.6 is 9.24 Å². The van der Waals surface area contributed by atoms with Crippen molar-refractivity contribution < 1.29 is 4.74 Å². The average Bonchev–Trinajstić information content (AvgIpc) is 2.15. The van der Waals surface area contributed by atoms with Gasteiger partial charge in [0.2, 0.25) is 11.3 Å². The molecule has 0 saturated heterocycles. The lowest BCUT2D eigenvalue weighted by Gasteiger charge is -2.25. The van der Waals surface area contributed by atoms with Gasteiger partial charge in [-0.25, -0.2) is 15.0 Å². The normalized spacial score (nSPS) is 23.8. The van der Waals surface area contributed by atoms with Crippen molar-refractivity contribution >= 4 is 15.5 Å². The molecule has 0 N–H and O–H groups in total. The second kappa shape index (κ2) is 3.53. The van der Waals surface area contributed by atoms with Crippen LogP contribution < -0.4 is 4.74 Å². The summed E-state index contributed by atoms with van der Waals surface area (Å²) in [5.74, 6) is 0.912. The number of ether oxygens (including phenoxy) is 1. The predicted octanol–water partition coefficient (Wildman–Crippen LogP) is 1.96. The molecular weight excluding hydrogens is 209 g/mol. The lowest BCUT2D eigenvalue weighted by atomic mass is 10.1. The third kappa shape index (κ3) is 2.15. The predicted molar refractivity (Wildman–Crippen MR) is 62.5 cm³/mol. The van der Waals surface area contributed by atoms with E-state index in [1.54, 1.807) is 12.4 Å². The zero-order valence-corrected chi connectivity index (χ0v) is 10.2. The molecule has 2 rings (SSSR count). The highest BCUT2D eigenvalue weighted by Crippen LogP contribution is 2.29. The Balaban J connectivity index is 2.42. The number of hydrogen-bond acceptors (Lipinski definition) is 4. The maximum Gasteiger partial charge on any atom is 0.244 e. The summed E-state index contributed by atoms with van der Waals surface area (Å²) in [5, 5.41) is 0. The monoisotopic (exact) mass is 223 g/mol. The number of aromatic nitrogens is 2. The summed E-state index contributed by atoms with van der Waals surface area (Å²) >= 11 is 0. The Hall–Kier alpha value is -1.02. The number of fused-ring (bicyclic) bond motifs is 1. The molecule has 0 aromatic carbocycles. The topological polar surface area (TPSA) is 47.4 Å². The van der Waals surface area contributed by atoms with Crippen LogP contribution in [-0.2, 0) is 0 Å². The fourth-order valence-electron chi connectivity index (χ4n) is 1.25. The van der Waals surface area contributed by atoms with Crippen molar-refractivity contribution in [3.63, 3.8) is 0 Å². The van der Waals surface area contributed by atoms with E-state index in [1.807, 2.05) is 6.92 Å². The zero-order valence-electron chi connectivity index (χ0n) is 9.06. The van der Waals surface area contributed by atoms with E-state index in [9.17, 15) is 0 Å². The molecule has 1 aromatic rings. The van der Waals surface area contributed by atoms with Crippen LogP contribution in [0.25, 0.3) is 0 Å². The molecule has 0 amide bonds. The van der Waals surface area contributed by atoms with E-state index in [0.717, 1.165) is 5.69 Å². The summed E-state index contributed by atoms with van der Waals surface area (Å²) in [7, 11) is 2.54. The standard InChI is InChI=1S/C10H14N3OP/c1-6(2)7-4-11-8-5-12-10(3,15)14-9(8)13-7/h4-6H,15H2,1-3H3. The minimum absolute atomic E-state index is 0.348. The highest BCUT2D eigenvalue weighted by Gasteiger charge is 2.25. The molecule has 1 aliphatic heterocycles. The Morgan fingerprint density at radius 2 is 2.20 bits per heavy atom. The Morgan fingerprint density at radius 3 is 2.87 bits per heavy atom. The van der Waals surface area contributed by atoms with Gasteiger partial charge in [-0.15, -0.1) is 0 Å². The molecule has 2 unspecified atom stereocenters. The number of nitrogens with zero attached hydrogens (tertiary/aromatic N) is 3. The van der Waals surface area contributed by atoms with E-state index < -0.39 is 5.47 Å². The van der Waals surface area contributed by atoms with Gasteiger partial charge in [0.1, 0.15) is 5.69 Å². The Morgan fingerprint density at radius 1 is 1.47 bits per heavy atom. The van der Waals surface area contributed by atoms with Crippen LogP contribution in [0.2, 0.25) is 0 Å². The quantitative estimate of drug-likeness (QED) is 0.684. The van der Waals surface area contributed by atoms with Crippen LogP contribution in [0.15, 0.2) is 11.2 Å². The Kier molecular flexibility index (Phi) is 2.47. The van der Waals surface area contributed by atoms with Crippen LogP contribution in [-0.4, -0.2) is 21.6 Å². The van der Waals surface area contributed by atoms with Crippen molar-refractivity contribution in [1.29, 1.82) is 0 Å². The van der Waals surface area contributed by atoms with Gasteiger partial charge in [0.25, 0.3) is 0 Å². The van der Waals surface area contributed by atoms with Crippen LogP contribution in [0, 0.1) is 0 Å². The van der Waals surface area contributed by atoms with Gasteiger partial charge < -0.3 is 4.74 Å². The van der Waals surface area contributed by atoms with Gasteiger partial charge in [0.05, 0.1) is 11.9 Å². The SMILES string of the molecule is CC(C)c1cnc2c(n1)OC(C)(P)N=C2. The van der Waals surface area contributed by atoms with Gasteiger partial charge >= 0.3 is 0 Å². The fourth-order valence-corrected chi connectivity index (χ4v) is 1.43. The van der Waals surface area contributed by atoms with Crippen molar-refractivity contribution in [1.82, 2.24) is 9.97 Å². The average molecular weight is 223 g/mol. The number of hydrogen-bond donors (Lipinski definition) is 0. The number of rotatable bonds is 1. The van der Waals surface area contributed by atoms with Crippen LogP contribution in [0.3, 0.4) is 0 Å². The molecule has 5 heteroatoms. The van der Waals surface area contributed by atoms with Gasteiger partial charge in [0, 0.05) is 13.1 Å². The molecule has 80 valence electrons. The fraction of sp³-hybridized carbons (Fsp3) is 0.500. The van der Waals surface area contributed by atoms with E-state index in [4.69, 9.17) is 4.74 Å². The molecule has 1 aromatic heterocycles. The van der Waals surface area contributed by atoms with Crippen molar-refractivity contribution in [3.8, 4) is 5.88 Å². The molecule has 1 aliphatic rings. The van der Waals surface area contributed by atoms with Crippen LogP contribution in [0.4, 0.5) is 0 Å². The lowest BCUT2D eigenvalue weighted by molar-refractivity contribution is 0.181. The van der Waals surface area contributed by atoms with E-state index in [0.29, 0.717) is 17.5 Å². The second-order valence-electron chi connectivity index (χ2n) is 4.05. The molecule has 0 bridgehead atoms. The molecular formula is C10H14N3OP. The molecule has 0 spiro atoms. The smallest absolute Gasteiger partial charge is 0.244 e. The molecule has 0 saturated carbocycles. The van der Waals surface area contributed by atoms with E-state index in [2.05, 4.69) is 38.0 Å². The van der Waals surface area contributed by atoms with Gasteiger partial charge in [0.15, 0.2) is 0 Å². The van der Waals surface area contributed by atoms with Gasteiger partial charge in [-0.1, -0.05) is 23.1 Å². The van der Waals surface area contributed by atoms with E-state index >= 15 is 0 Å². The second-order valence-corrected chi connectivity index (χ2v) is 5.13. The summed E-state index contributed by atoms with van der Waals surface area (Å²) in [6.45, 7) is 6.02. The van der Waals surface area contributed by atoms with Crippen molar-refractivity contribution in [2.75, 3.05) is 0 Å². The Bertz CT molecular complexity index is 415. The summed E-state index contributed by atoms with van der Waals surface area (Å²) in [5.41, 5.74) is 1.02. The summed E-state index contributed by atoms with van der Waals surface area (Å²) in [6.07, 6.45) is 3.47. The number of aliphatic imine (C=N–C) groups is 1. The minimum atomic E-state index is -0.614. The molecule has 2 atom stereocenters. The molecule has 2 heterocycles. The van der Waals surface area contributed by atoms with E-state index in [1.165, 1.54) is 0 Å². The zero-order chi connectivity index (χ0) is 11.1. The molecule has 0 radical (unpaired) electrons. The lowest BCUT2D eigenvalue weighted by Crippen LogP contribution is -2.27. The summed E-state index contributed by atoms with van der Waals surface area (Å²) in [4.78, 5) is 12.9. The third-order valence-electron chi connectivity index (χ3n) is 2.12. The minimum Gasteiger partial charge on any atom is -0.445 e. The Labute approximate surface area is 91.4 Å². The molecule has 0 fully saturated rings. The highest BCUT2D eigenvalue weighted by atomic mass is 31.0. The summed E-state index contributed by atoms with van der Waals surface area (Å²) < 4.78 is 5.60. The summed E-state index contributed by atoms with van der Waals surface area (Å²) in [6, 6.07) is 0. The van der Waals surface area contributed by atoms with Crippen LogP contribution in [0.5, 0.6) is 5.88 Å². The van der Waals surface area contributed by atoms with Gasteiger partial charge in [-0.3, -0.25) is 0 Å². The van der Waals surface area contributed by atoms with Crippen molar-refractivity contribution in [2.45, 2.75) is 32.2 Å². The molecule has 0 aliphatic carbocycles. The maximum absolute atomic E-state index is 5.60. The molecule has 15 heavy (non-hydrogen) atoms. The van der Waals surface area contributed by atoms with Crippen molar-refractivity contribution in [2.24, 2.45) is 4.99 Å². The highest BCUT2D eigenvalue weighted by molar-refractivity contribution is 7.18. The van der Waals surface area contributed by atoms with E-state index in [-0.39, 0.29) is 0 Å². The third-order valence-corrected chi connectivity index (χ3v) is 2.39. The van der Waals surface area contributed by atoms with Crippen LogP contribution in [0.1, 0.15) is 38.1 Å². The first-order chi connectivity index (χ1) is 6.98.